The van der Waals surface area contributed by atoms with Crippen molar-refractivity contribution in [3.05, 3.63) is 35.4 Å². The van der Waals surface area contributed by atoms with Crippen LogP contribution in [0.1, 0.15) is 31.9 Å². The van der Waals surface area contributed by atoms with E-state index in [1.807, 2.05) is 18.2 Å². The fraction of sp³-hybridized carbons (Fsp3) is 0.286. The largest absolute Gasteiger partial charge is 0.384 e. The molecule has 86 valence electrons. The maximum Gasteiger partial charge on any atom is 0.125 e. The van der Waals surface area contributed by atoms with Gasteiger partial charge in [0.05, 0.1) is 17.1 Å². The lowest BCUT2D eigenvalue weighted by Crippen LogP contribution is -2.10. The first-order valence-corrected chi connectivity index (χ1v) is 5.52. The van der Waals surface area contributed by atoms with Crippen LogP contribution in [0.5, 0.6) is 0 Å². The lowest BCUT2D eigenvalue weighted by molar-refractivity contribution is 0.591. The van der Waals surface area contributed by atoms with Crippen LogP contribution in [0.3, 0.4) is 0 Å². The summed E-state index contributed by atoms with van der Waals surface area (Å²) in [7, 11) is 0. The molecule has 2 rings (SSSR count). The van der Waals surface area contributed by atoms with Crippen LogP contribution in [0.25, 0.3) is 10.9 Å². The first kappa shape index (κ1) is 11.4. The van der Waals surface area contributed by atoms with Gasteiger partial charge in [0.25, 0.3) is 0 Å². The second-order valence-electron chi connectivity index (χ2n) is 5.19. The minimum absolute atomic E-state index is 0.0578. The molecule has 0 atom stereocenters. The number of fused-ring (bicyclic) bond motifs is 1. The average Bonchev–Trinajstić information content (AvgIpc) is 2.25. The molecule has 3 nitrogen and oxygen atoms in total. The molecular weight excluding hydrogens is 210 g/mol. The Balaban J connectivity index is 2.78. The highest BCUT2D eigenvalue weighted by Gasteiger charge is 2.15. The van der Waals surface area contributed by atoms with Crippen LogP contribution in [-0.2, 0) is 5.41 Å². The average molecular weight is 225 g/mol. The van der Waals surface area contributed by atoms with Crippen LogP contribution >= 0.6 is 0 Å². The van der Waals surface area contributed by atoms with Crippen molar-refractivity contribution in [3.63, 3.8) is 0 Å². The molecule has 0 spiro atoms. The van der Waals surface area contributed by atoms with E-state index in [1.54, 1.807) is 6.07 Å². The Morgan fingerprint density at radius 1 is 1.24 bits per heavy atom. The van der Waals surface area contributed by atoms with E-state index < -0.39 is 0 Å². The predicted octanol–water partition coefficient (Wildman–Crippen LogP) is 2.99. The van der Waals surface area contributed by atoms with Crippen molar-refractivity contribution < 1.29 is 0 Å². The lowest BCUT2D eigenvalue weighted by Gasteiger charge is -2.19. The van der Waals surface area contributed by atoms with E-state index in [0.717, 1.165) is 10.9 Å². The molecule has 1 aromatic heterocycles. The number of hydrogen-bond acceptors (Lipinski definition) is 3. The van der Waals surface area contributed by atoms with Gasteiger partial charge in [-0.25, -0.2) is 4.98 Å². The molecule has 0 aliphatic carbocycles. The van der Waals surface area contributed by atoms with Crippen LogP contribution in [0.2, 0.25) is 0 Å². The molecule has 0 unspecified atom stereocenters. The van der Waals surface area contributed by atoms with Crippen LogP contribution < -0.4 is 5.73 Å². The summed E-state index contributed by atoms with van der Waals surface area (Å²) in [6, 6.07) is 9.78. The maximum atomic E-state index is 9.12. The Bertz CT molecular complexity index is 616. The van der Waals surface area contributed by atoms with Gasteiger partial charge in [-0.05, 0) is 29.2 Å². The van der Waals surface area contributed by atoms with Gasteiger partial charge in [-0.3, -0.25) is 0 Å². The van der Waals surface area contributed by atoms with E-state index in [2.05, 4.69) is 31.8 Å². The number of aromatic nitrogens is 1. The number of nitrogens with zero attached hydrogens (tertiary/aromatic N) is 2. The third kappa shape index (κ3) is 2.07. The van der Waals surface area contributed by atoms with E-state index in [4.69, 9.17) is 11.0 Å². The highest BCUT2D eigenvalue weighted by molar-refractivity contribution is 5.87. The van der Waals surface area contributed by atoms with E-state index in [0.29, 0.717) is 11.4 Å². The minimum atomic E-state index is 0.0578. The van der Waals surface area contributed by atoms with Gasteiger partial charge in [0.15, 0.2) is 0 Å². The minimum Gasteiger partial charge on any atom is -0.384 e. The summed E-state index contributed by atoms with van der Waals surface area (Å²) >= 11 is 0. The molecule has 0 bridgehead atoms. The van der Waals surface area contributed by atoms with Crippen LogP contribution in [-0.4, -0.2) is 4.98 Å². The Morgan fingerprint density at radius 2 is 1.94 bits per heavy atom. The van der Waals surface area contributed by atoms with Crippen molar-refractivity contribution in [1.82, 2.24) is 4.98 Å². The Kier molecular flexibility index (Phi) is 2.51. The number of hydrogen-bond donors (Lipinski definition) is 1. The van der Waals surface area contributed by atoms with E-state index >= 15 is 0 Å². The zero-order chi connectivity index (χ0) is 12.6. The smallest absolute Gasteiger partial charge is 0.125 e. The molecule has 0 fully saturated rings. The second kappa shape index (κ2) is 3.74. The lowest BCUT2D eigenvalue weighted by atomic mass is 9.86. The van der Waals surface area contributed by atoms with Gasteiger partial charge in [0, 0.05) is 5.39 Å². The van der Waals surface area contributed by atoms with Gasteiger partial charge in [-0.1, -0.05) is 26.8 Å². The van der Waals surface area contributed by atoms with E-state index in [9.17, 15) is 0 Å². The molecule has 0 aliphatic rings. The monoisotopic (exact) mass is 225 g/mol. The number of nitrogens with two attached hydrogens (primary N) is 1. The highest BCUT2D eigenvalue weighted by Crippen LogP contribution is 2.27. The molecule has 0 amide bonds. The molecule has 2 aromatic rings. The first-order valence-electron chi connectivity index (χ1n) is 5.52. The Morgan fingerprint density at radius 3 is 2.53 bits per heavy atom. The summed E-state index contributed by atoms with van der Waals surface area (Å²) in [5.41, 5.74) is 8.26. The summed E-state index contributed by atoms with van der Waals surface area (Å²) < 4.78 is 0. The number of nitriles is 1. The van der Waals surface area contributed by atoms with Gasteiger partial charge < -0.3 is 5.73 Å². The Hall–Kier alpha value is -2.08. The van der Waals surface area contributed by atoms with Crippen LogP contribution in [0.15, 0.2) is 24.3 Å². The third-order valence-electron chi connectivity index (χ3n) is 2.81. The molecule has 3 heteroatoms. The normalized spacial score (nSPS) is 11.4. The highest BCUT2D eigenvalue weighted by atomic mass is 14.8. The van der Waals surface area contributed by atoms with Crippen molar-refractivity contribution in [1.29, 1.82) is 5.26 Å². The Labute approximate surface area is 101 Å². The molecule has 17 heavy (non-hydrogen) atoms. The third-order valence-corrected chi connectivity index (χ3v) is 2.81. The molecule has 1 heterocycles. The van der Waals surface area contributed by atoms with Gasteiger partial charge >= 0.3 is 0 Å². The van der Waals surface area contributed by atoms with Gasteiger partial charge in [0.1, 0.15) is 5.82 Å². The zero-order valence-corrected chi connectivity index (χ0v) is 10.3. The van der Waals surface area contributed by atoms with Crippen molar-refractivity contribution in [3.8, 4) is 6.07 Å². The van der Waals surface area contributed by atoms with Gasteiger partial charge in [-0.15, -0.1) is 0 Å². The fourth-order valence-corrected chi connectivity index (χ4v) is 1.81. The van der Waals surface area contributed by atoms with Crippen LogP contribution in [0, 0.1) is 11.3 Å². The SMILES string of the molecule is CC(C)(C)c1ccc2nc(N)cc(C#N)c2c1. The van der Waals surface area contributed by atoms with Gasteiger partial charge in [-0.2, -0.15) is 5.26 Å². The van der Waals surface area contributed by atoms with Crippen molar-refractivity contribution in [2.45, 2.75) is 26.2 Å². The second-order valence-corrected chi connectivity index (χ2v) is 5.19. The number of nitrogen functional groups attached to an aromatic ring is 1. The van der Waals surface area contributed by atoms with Crippen molar-refractivity contribution in [2.75, 3.05) is 5.73 Å². The molecular formula is C14H15N3. The predicted molar refractivity (Wildman–Crippen MR) is 69.6 cm³/mol. The standard InChI is InChI=1S/C14H15N3/c1-14(2,3)10-4-5-12-11(7-10)9(8-15)6-13(16)17-12/h4-7H,1-3H3,(H2,16,17). The summed E-state index contributed by atoms with van der Waals surface area (Å²) in [6.07, 6.45) is 0. The zero-order valence-electron chi connectivity index (χ0n) is 10.3. The number of benzene rings is 1. The fourth-order valence-electron chi connectivity index (χ4n) is 1.81. The summed E-state index contributed by atoms with van der Waals surface area (Å²) in [5, 5.41) is 9.99. The maximum absolute atomic E-state index is 9.12. The van der Waals surface area contributed by atoms with Crippen LogP contribution in [0.4, 0.5) is 5.82 Å². The number of pyridine rings is 1. The molecule has 0 saturated heterocycles. The van der Waals surface area contributed by atoms with Gasteiger partial charge in [0.2, 0.25) is 0 Å². The van der Waals surface area contributed by atoms with Crippen molar-refractivity contribution >= 4 is 16.7 Å². The molecule has 0 saturated carbocycles. The summed E-state index contributed by atoms with van der Waals surface area (Å²) in [6.45, 7) is 6.43. The molecule has 1 aromatic carbocycles. The first-order chi connectivity index (χ1) is 7.91. The quantitative estimate of drug-likeness (QED) is 0.749. The summed E-state index contributed by atoms with van der Waals surface area (Å²) in [5.74, 6) is 0.387. The summed E-state index contributed by atoms with van der Waals surface area (Å²) in [4.78, 5) is 4.23. The van der Waals surface area contributed by atoms with E-state index in [-0.39, 0.29) is 5.41 Å². The van der Waals surface area contributed by atoms with Crippen molar-refractivity contribution in [2.24, 2.45) is 0 Å². The number of anilines is 1. The van der Waals surface area contributed by atoms with E-state index in [1.165, 1.54) is 5.56 Å². The molecule has 0 aliphatic heterocycles. The molecule has 0 radical (unpaired) electrons. The topological polar surface area (TPSA) is 62.7 Å². The number of rotatable bonds is 0. The molecule has 2 N–H and O–H groups in total.